The van der Waals surface area contributed by atoms with Crippen LogP contribution in [0.5, 0.6) is 0 Å². The second kappa shape index (κ2) is 5.72. The van der Waals surface area contributed by atoms with Gasteiger partial charge >= 0.3 is 0 Å². The molecule has 0 saturated heterocycles. The fraction of sp³-hybridized carbons (Fsp3) is 0.235. The van der Waals surface area contributed by atoms with Crippen LogP contribution in [0.3, 0.4) is 0 Å². The zero-order valence-corrected chi connectivity index (χ0v) is 12.9. The summed E-state index contributed by atoms with van der Waals surface area (Å²) >= 11 is 0. The molecule has 1 aliphatic heterocycles. The van der Waals surface area contributed by atoms with E-state index in [1.807, 2.05) is 12.1 Å². The molecular weight excluding hydrogens is 288 g/mol. The number of para-hydroxylation sites is 1. The Hall–Kier alpha value is -2.89. The topological polar surface area (TPSA) is 78.5 Å². The van der Waals surface area contributed by atoms with Gasteiger partial charge in [-0.3, -0.25) is 0 Å². The fourth-order valence-corrected chi connectivity index (χ4v) is 2.95. The molecule has 6 heteroatoms. The quantitative estimate of drug-likeness (QED) is 0.678. The number of aromatic amines is 1. The molecule has 0 fully saturated rings. The number of hydrogen-bond donors (Lipinski definition) is 3. The molecule has 1 aromatic heterocycles. The zero-order chi connectivity index (χ0) is 15.6. The van der Waals surface area contributed by atoms with Gasteiger partial charge in [-0.05, 0) is 36.3 Å². The summed E-state index contributed by atoms with van der Waals surface area (Å²) in [5, 5.41) is 21.4. The van der Waals surface area contributed by atoms with Crippen LogP contribution in [-0.2, 0) is 0 Å². The number of nitrogens with zero attached hydrogens (tertiary/aromatic N) is 3. The summed E-state index contributed by atoms with van der Waals surface area (Å²) in [5.41, 5.74) is 5.56. The van der Waals surface area contributed by atoms with E-state index in [9.17, 15) is 0 Å². The lowest BCUT2D eigenvalue weighted by Gasteiger charge is -2.17. The molecule has 3 aromatic rings. The lowest BCUT2D eigenvalue weighted by atomic mass is 10.00. The van der Waals surface area contributed by atoms with E-state index in [0.29, 0.717) is 11.9 Å². The Labute approximate surface area is 134 Å². The number of anilines is 2. The van der Waals surface area contributed by atoms with Gasteiger partial charge in [-0.2, -0.15) is 5.21 Å². The number of tetrazole rings is 1. The van der Waals surface area contributed by atoms with E-state index < -0.39 is 0 Å². The first-order valence-electron chi connectivity index (χ1n) is 7.79. The van der Waals surface area contributed by atoms with Crippen molar-refractivity contribution >= 4 is 11.4 Å². The normalized spacial score (nSPS) is 16.8. The highest BCUT2D eigenvalue weighted by atomic mass is 15.5. The first kappa shape index (κ1) is 13.8. The van der Waals surface area contributed by atoms with Gasteiger partial charge in [-0.1, -0.05) is 30.3 Å². The minimum Gasteiger partial charge on any atom is -0.383 e. The molecule has 0 bridgehead atoms. The minimum absolute atomic E-state index is 0.435. The van der Waals surface area contributed by atoms with Gasteiger partial charge in [0.25, 0.3) is 0 Å². The monoisotopic (exact) mass is 306 g/mol. The van der Waals surface area contributed by atoms with Crippen molar-refractivity contribution in [3.05, 3.63) is 42.5 Å². The second-order valence-corrected chi connectivity index (χ2v) is 5.81. The summed E-state index contributed by atoms with van der Waals surface area (Å²) in [4.78, 5) is 0. The van der Waals surface area contributed by atoms with E-state index in [1.165, 1.54) is 5.56 Å². The van der Waals surface area contributed by atoms with Gasteiger partial charge in [0.2, 0.25) is 5.82 Å². The van der Waals surface area contributed by atoms with Crippen LogP contribution in [0.25, 0.3) is 22.5 Å². The predicted molar refractivity (Wildman–Crippen MR) is 91.2 cm³/mol. The molecule has 0 radical (unpaired) electrons. The number of hydrogen-bond acceptors (Lipinski definition) is 5. The summed E-state index contributed by atoms with van der Waals surface area (Å²) in [6.45, 7) is 3.19. The first-order valence-corrected chi connectivity index (χ1v) is 7.79. The fourth-order valence-electron chi connectivity index (χ4n) is 2.95. The van der Waals surface area contributed by atoms with Gasteiger partial charge in [0, 0.05) is 23.7 Å². The Morgan fingerprint density at radius 1 is 1.09 bits per heavy atom. The molecule has 116 valence electrons. The largest absolute Gasteiger partial charge is 0.383 e. The van der Waals surface area contributed by atoms with E-state index in [-0.39, 0.29) is 0 Å². The number of H-pyrrole nitrogens is 1. The van der Waals surface area contributed by atoms with Gasteiger partial charge < -0.3 is 10.6 Å². The number of nitrogens with one attached hydrogen (secondary N) is 3. The summed E-state index contributed by atoms with van der Waals surface area (Å²) in [5.74, 6) is 0.605. The number of benzene rings is 2. The molecule has 1 atom stereocenters. The molecule has 0 unspecified atom stereocenters. The van der Waals surface area contributed by atoms with Gasteiger partial charge in [0.05, 0.1) is 11.4 Å². The molecule has 2 heterocycles. The summed E-state index contributed by atoms with van der Waals surface area (Å²) < 4.78 is 0. The van der Waals surface area contributed by atoms with Crippen molar-refractivity contribution < 1.29 is 0 Å². The standard InChI is InChI=1S/C17H18N6/c1-11-8-9-18-15-7-3-6-14(16(15)19-11)12-4-2-5-13(10-12)17-20-22-23-21-17/h2-7,10-11,18-19H,8-9H2,1H3,(H,20,21,22,23)/t11-/m1/s1. The van der Waals surface area contributed by atoms with E-state index in [4.69, 9.17) is 0 Å². The Kier molecular flexibility index (Phi) is 3.42. The maximum Gasteiger partial charge on any atom is 0.204 e. The predicted octanol–water partition coefficient (Wildman–Crippen LogP) is 3.15. The van der Waals surface area contributed by atoms with E-state index in [1.54, 1.807) is 0 Å². The van der Waals surface area contributed by atoms with Crippen LogP contribution >= 0.6 is 0 Å². The third-order valence-electron chi connectivity index (χ3n) is 4.13. The van der Waals surface area contributed by atoms with Crippen LogP contribution in [0, 0.1) is 0 Å². The van der Waals surface area contributed by atoms with Crippen molar-refractivity contribution in [3.8, 4) is 22.5 Å². The van der Waals surface area contributed by atoms with Gasteiger partial charge in [0.1, 0.15) is 0 Å². The summed E-state index contributed by atoms with van der Waals surface area (Å²) in [7, 11) is 0. The van der Waals surface area contributed by atoms with E-state index in [2.05, 4.69) is 68.5 Å². The van der Waals surface area contributed by atoms with E-state index in [0.717, 1.165) is 35.5 Å². The average Bonchev–Trinajstić information content (AvgIpc) is 3.04. The first-order chi connectivity index (χ1) is 11.3. The van der Waals surface area contributed by atoms with Crippen molar-refractivity contribution in [1.82, 2.24) is 20.6 Å². The number of fused-ring (bicyclic) bond motifs is 1. The zero-order valence-electron chi connectivity index (χ0n) is 12.9. The molecule has 0 spiro atoms. The molecule has 3 N–H and O–H groups in total. The van der Waals surface area contributed by atoms with Crippen LogP contribution in [0.15, 0.2) is 42.5 Å². The Morgan fingerprint density at radius 3 is 2.83 bits per heavy atom. The third-order valence-corrected chi connectivity index (χ3v) is 4.13. The molecule has 0 aliphatic carbocycles. The minimum atomic E-state index is 0.435. The molecule has 23 heavy (non-hydrogen) atoms. The molecule has 0 saturated carbocycles. The average molecular weight is 306 g/mol. The Bertz CT molecular complexity index is 812. The molecule has 2 aromatic carbocycles. The second-order valence-electron chi connectivity index (χ2n) is 5.81. The van der Waals surface area contributed by atoms with Gasteiger partial charge in [-0.15, -0.1) is 10.2 Å². The summed E-state index contributed by atoms with van der Waals surface area (Å²) in [6, 6.07) is 15.0. The van der Waals surface area contributed by atoms with Crippen molar-refractivity contribution in [2.75, 3.05) is 17.2 Å². The number of rotatable bonds is 2. The van der Waals surface area contributed by atoms with Crippen LogP contribution in [-0.4, -0.2) is 33.2 Å². The molecule has 6 nitrogen and oxygen atoms in total. The van der Waals surface area contributed by atoms with Crippen molar-refractivity contribution in [3.63, 3.8) is 0 Å². The maximum atomic E-state index is 4.06. The molecule has 0 amide bonds. The van der Waals surface area contributed by atoms with Crippen LogP contribution < -0.4 is 10.6 Å². The van der Waals surface area contributed by atoms with Gasteiger partial charge in [-0.25, -0.2) is 0 Å². The molecule has 4 rings (SSSR count). The SMILES string of the molecule is C[C@@H]1CCNc2cccc(-c3cccc(-c4nn[nH]n4)c3)c2N1. The van der Waals surface area contributed by atoms with E-state index >= 15 is 0 Å². The van der Waals surface area contributed by atoms with Gasteiger partial charge in [0.15, 0.2) is 0 Å². The van der Waals surface area contributed by atoms with Crippen LogP contribution in [0.4, 0.5) is 11.4 Å². The van der Waals surface area contributed by atoms with Crippen molar-refractivity contribution in [2.45, 2.75) is 19.4 Å². The van der Waals surface area contributed by atoms with Crippen molar-refractivity contribution in [1.29, 1.82) is 0 Å². The summed E-state index contributed by atoms with van der Waals surface area (Å²) in [6.07, 6.45) is 1.09. The molecule has 1 aliphatic rings. The highest BCUT2D eigenvalue weighted by Gasteiger charge is 2.16. The van der Waals surface area contributed by atoms with Crippen LogP contribution in [0.2, 0.25) is 0 Å². The lowest BCUT2D eigenvalue weighted by molar-refractivity contribution is 0.746. The van der Waals surface area contributed by atoms with Crippen molar-refractivity contribution in [2.24, 2.45) is 0 Å². The molecular formula is C17H18N6. The third kappa shape index (κ3) is 2.63. The maximum absolute atomic E-state index is 4.06. The lowest BCUT2D eigenvalue weighted by Crippen LogP contribution is -2.15. The van der Waals surface area contributed by atoms with Crippen LogP contribution in [0.1, 0.15) is 13.3 Å². The highest BCUT2D eigenvalue weighted by molar-refractivity contribution is 5.88. The smallest absolute Gasteiger partial charge is 0.204 e. The highest BCUT2D eigenvalue weighted by Crippen LogP contribution is 2.37. The number of aromatic nitrogens is 4. The Balaban J connectivity index is 1.81. The Morgan fingerprint density at radius 2 is 1.96 bits per heavy atom.